The zero-order chi connectivity index (χ0) is 11.7. The van der Waals surface area contributed by atoms with Crippen molar-refractivity contribution in [3.8, 4) is 0 Å². The molecule has 1 aromatic rings. The summed E-state index contributed by atoms with van der Waals surface area (Å²) in [5, 5.41) is 0. The highest BCUT2D eigenvalue weighted by Crippen LogP contribution is 2.25. The van der Waals surface area contributed by atoms with E-state index in [1.54, 1.807) is 0 Å². The molecule has 1 heterocycles. The summed E-state index contributed by atoms with van der Waals surface area (Å²) < 4.78 is 5.29. The van der Waals surface area contributed by atoms with Gasteiger partial charge in [-0.05, 0) is 49.3 Å². The first-order valence-electron chi connectivity index (χ1n) is 6.58. The van der Waals surface area contributed by atoms with Crippen molar-refractivity contribution in [1.82, 2.24) is 0 Å². The fraction of sp³-hybridized carbons (Fsp3) is 0.533. The van der Waals surface area contributed by atoms with Gasteiger partial charge in [0.2, 0.25) is 0 Å². The molecule has 90 valence electrons. The van der Waals surface area contributed by atoms with Gasteiger partial charge in [-0.3, -0.25) is 4.79 Å². The average Bonchev–Trinajstić information content (AvgIpc) is 2.91. The number of aryl methyl sites for hydroxylation is 2. The molecule has 0 bridgehead atoms. The SMILES string of the molecule is O=C(c1ccc2c(c1)CCCC2)C1CCOC1. The number of ether oxygens (including phenoxy) is 1. The van der Waals surface area contributed by atoms with Crippen LogP contribution < -0.4 is 0 Å². The van der Waals surface area contributed by atoms with Crippen molar-refractivity contribution < 1.29 is 9.53 Å². The topological polar surface area (TPSA) is 26.3 Å². The van der Waals surface area contributed by atoms with E-state index in [9.17, 15) is 4.79 Å². The zero-order valence-corrected chi connectivity index (χ0v) is 10.1. The van der Waals surface area contributed by atoms with E-state index in [2.05, 4.69) is 12.1 Å². The molecule has 1 aliphatic heterocycles. The molecule has 17 heavy (non-hydrogen) atoms. The second kappa shape index (κ2) is 4.61. The van der Waals surface area contributed by atoms with Gasteiger partial charge < -0.3 is 4.74 Å². The van der Waals surface area contributed by atoms with Crippen molar-refractivity contribution >= 4 is 5.78 Å². The van der Waals surface area contributed by atoms with Crippen LogP contribution in [-0.2, 0) is 17.6 Å². The average molecular weight is 230 g/mol. The zero-order valence-electron chi connectivity index (χ0n) is 10.1. The van der Waals surface area contributed by atoms with E-state index in [0.29, 0.717) is 6.61 Å². The second-order valence-corrected chi connectivity index (χ2v) is 5.12. The number of benzene rings is 1. The first-order valence-corrected chi connectivity index (χ1v) is 6.58. The van der Waals surface area contributed by atoms with Crippen molar-refractivity contribution in [1.29, 1.82) is 0 Å². The molecule has 0 N–H and O–H groups in total. The smallest absolute Gasteiger partial charge is 0.168 e. The number of carbonyl (C=O) groups excluding carboxylic acids is 1. The Morgan fingerprint density at radius 3 is 2.76 bits per heavy atom. The summed E-state index contributed by atoms with van der Waals surface area (Å²) in [5.74, 6) is 0.368. The van der Waals surface area contributed by atoms with Crippen LogP contribution in [0.1, 0.15) is 40.7 Å². The predicted octanol–water partition coefficient (Wildman–Crippen LogP) is 2.78. The highest BCUT2D eigenvalue weighted by molar-refractivity contribution is 5.98. The lowest BCUT2D eigenvalue weighted by molar-refractivity contribution is 0.0900. The Balaban J connectivity index is 1.85. The van der Waals surface area contributed by atoms with E-state index < -0.39 is 0 Å². The molecule has 0 amide bonds. The molecule has 0 saturated carbocycles. The van der Waals surface area contributed by atoms with Gasteiger partial charge in [0, 0.05) is 18.1 Å². The van der Waals surface area contributed by atoms with Gasteiger partial charge in [-0.1, -0.05) is 12.1 Å². The van der Waals surface area contributed by atoms with Crippen molar-refractivity contribution in [2.75, 3.05) is 13.2 Å². The third-order valence-electron chi connectivity index (χ3n) is 3.93. The molecule has 1 saturated heterocycles. The van der Waals surface area contributed by atoms with Crippen LogP contribution in [0.25, 0.3) is 0 Å². The molecule has 2 aliphatic rings. The van der Waals surface area contributed by atoms with Gasteiger partial charge in [0.05, 0.1) is 6.61 Å². The molecule has 0 spiro atoms. The second-order valence-electron chi connectivity index (χ2n) is 5.12. The first kappa shape index (κ1) is 11.0. The highest BCUT2D eigenvalue weighted by Gasteiger charge is 2.25. The minimum absolute atomic E-state index is 0.0941. The monoisotopic (exact) mass is 230 g/mol. The standard InChI is InChI=1S/C15H18O2/c16-15(14-7-8-17-10-14)13-6-5-11-3-1-2-4-12(11)9-13/h5-6,9,14H,1-4,7-8,10H2. The summed E-state index contributed by atoms with van der Waals surface area (Å²) in [5.41, 5.74) is 3.72. The van der Waals surface area contributed by atoms with E-state index in [1.807, 2.05) is 6.07 Å². The number of ketones is 1. The Morgan fingerprint density at radius 2 is 2.00 bits per heavy atom. The van der Waals surface area contributed by atoms with Crippen LogP contribution in [-0.4, -0.2) is 19.0 Å². The van der Waals surface area contributed by atoms with E-state index >= 15 is 0 Å². The van der Waals surface area contributed by atoms with Gasteiger partial charge in [-0.15, -0.1) is 0 Å². The predicted molar refractivity (Wildman–Crippen MR) is 66.3 cm³/mol. The molecule has 3 rings (SSSR count). The van der Waals surface area contributed by atoms with Gasteiger partial charge >= 0.3 is 0 Å². The number of fused-ring (bicyclic) bond motifs is 1. The summed E-state index contributed by atoms with van der Waals surface area (Å²) in [6.45, 7) is 1.34. The van der Waals surface area contributed by atoms with E-state index in [4.69, 9.17) is 4.74 Å². The molecule has 1 aliphatic carbocycles. The van der Waals surface area contributed by atoms with Gasteiger partial charge in [0.25, 0.3) is 0 Å². The maximum Gasteiger partial charge on any atom is 0.168 e. The Labute approximate surface area is 102 Å². The van der Waals surface area contributed by atoms with Crippen LogP contribution in [0.3, 0.4) is 0 Å². The number of Topliss-reactive ketones (excluding diaryl/α,β-unsaturated/α-hetero) is 1. The van der Waals surface area contributed by atoms with Crippen molar-refractivity contribution in [2.24, 2.45) is 5.92 Å². The lowest BCUT2D eigenvalue weighted by atomic mass is 9.88. The van der Waals surface area contributed by atoms with Gasteiger partial charge in [-0.25, -0.2) is 0 Å². The molecule has 2 heteroatoms. The minimum atomic E-state index is 0.0941. The van der Waals surface area contributed by atoms with Gasteiger partial charge in [0.1, 0.15) is 0 Å². The number of carbonyl (C=O) groups is 1. The molecular formula is C15H18O2. The van der Waals surface area contributed by atoms with Crippen LogP contribution in [0.5, 0.6) is 0 Å². The molecule has 1 unspecified atom stereocenters. The Bertz CT molecular complexity index is 431. The molecule has 0 aromatic heterocycles. The third-order valence-corrected chi connectivity index (χ3v) is 3.93. The summed E-state index contributed by atoms with van der Waals surface area (Å²) in [6, 6.07) is 6.28. The largest absolute Gasteiger partial charge is 0.381 e. The first-order chi connectivity index (χ1) is 8.34. The van der Waals surface area contributed by atoms with Crippen LogP contribution in [0, 0.1) is 5.92 Å². The Morgan fingerprint density at radius 1 is 1.18 bits per heavy atom. The molecule has 1 aromatic carbocycles. The summed E-state index contributed by atoms with van der Waals surface area (Å²) in [4.78, 5) is 12.3. The van der Waals surface area contributed by atoms with Crippen LogP contribution >= 0.6 is 0 Å². The van der Waals surface area contributed by atoms with Crippen molar-refractivity contribution in [2.45, 2.75) is 32.1 Å². The van der Waals surface area contributed by atoms with Crippen LogP contribution in [0.15, 0.2) is 18.2 Å². The molecule has 2 nitrogen and oxygen atoms in total. The maximum atomic E-state index is 12.3. The van der Waals surface area contributed by atoms with Crippen LogP contribution in [0.2, 0.25) is 0 Å². The summed E-state index contributed by atoms with van der Waals surface area (Å²) >= 11 is 0. The molecule has 0 radical (unpaired) electrons. The maximum absolute atomic E-state index is 12.3. The van der Waals surface area contributed by atoms with E-state index in [1.165, 1.54) is 30.4 Å². The molecule has 1 fully saturated rings. The highest BCUT2D eigenvalue weighted by atomic mass is 16.5. The van der Waals surface area contributed by atoms with Gasteiger partial charge in [0.15, 0.2) is 5.78 Å². The van der Waals surface area contributed by atoms with Crippen LogP contribution in [0.4, 0.5) is 0 Å². The van der Waals surface area contributed by atoms with Crippen molar-refractivity contribution in [3.63, 3.8) is 0 Å². The quantitative estimate of drug-likeness (QED) is 0.730. The lowest BCUT2D eigenvalue weighted by Gasteiger charge is -2.17. The third kappa shape index (κ3) is 2.14. The number of hydrogen-bond acceptors (Lipinski definition) is 2. The van der Waals surface area contributed by atoms with Crippen molar-refractivity contribution in [3.05, 3.63) is 34.9 Å². The summed E-state index contributed by atoms with van der Waals surface area (Å²) in [6.07, 6.45) is 5.75. The fourth-order valence-corrected chi connectivity index (χ4v) is 2.86. The lowest BCUT2D eigenvalue weighted by Crippen LogP contribution is -2.15. The van der Waals surface area contributed by atoms with Gasteiger partial charge in [-0.2, -0.15) is 0 Å². The minimum Gasteiger partial charge on any atom is -0.381 e. The number of rotatable bonds is 2. The molecule has 1 atom stereocenters. The summed E-state index contributed by atoms with van der Waals surface area (Å²) in [7, 11) is 0. The molecular weight excluding hydrogens is 212 g/mol. The van der Waals surface area contributed by atoms with E-state index in [0.717, 1.165) is 25.0 Å². The number of hydrogen-bond donors (Lipinski definition) is 0. The van der Waals surface area contributed by atoms with E-state index in [-0.39, 0.29) is 11.7 Å². The normalized spacial score (nSPS) is 23.4. The Kier molecular flexibility index (Phi) is 2.98. The Hall–Kier alpha value is -1.15. The fourth-order valence-electron chi connectivity index (χ4n) is 2.86.